The number of hydrogen-bond acceptors (Lipinski definition) is 5. The Morgan fingerprint density at radius 3 is 2.54 bits per heavy atom. The van der Waals surface area contributed by atoms with E-state index in [4.69, 9.17) is 4.84 Å². The average Bonchev–Trinajstić information content (AvgIpc) is 2.95. The highest BCUT2D eigenvalue weighted by atomic mass is 32.2. The first kappa shape index (κ1) is 18.0. The molecule has 2 atom stereocenters. The molecule has 1 heterocycles. The molecule has 1 aromatic rings. The second kappa shape index (κ2) is 6.65. The molecule has 7 heteroatoms. The van der Waals surface area contributed by atoms with Crippen molar-refractivity contribution in [3.05, 3.63) is 35.4 Å². The van der Waals surface area contributed by atoms with E-state index in [0.717, 1.165) is 17.4 Å². The second-order valence-electron chi connectivity index (χ2n) is 5.93. The van der Waals surface area contributed by atoms with Gasteiger partial charge in [0.1, 0.15) is 6.10 Å². The SMILES string of the molecule is CC#Cc1ccc(C2=NO[C@@H](C[C@](C)(C(=O)O)S(C)(=O)=O)C2)cc1. The summed E-state index contributed by atoms with van der Waals surface area (Å²) < 4.78 is 21.8. The molecule has 1 aliphatic heterocycles. The molecule has 6 nitrogen and oxygen atoms in total. The normalized spacial score (nSPS) is 19.5. The van der Waals surface area contributed by atoms with Crippen molar-refractivity contribution < 1.29 is 23.2 Å². The molecule has 2 rings (SSSR count). The molecule has 1 aromatic carbocycles. The summed E-state index contributed by atoms with van der Waals surface area (Å²) in [5.74, 6) is 4.37. The molecular formula is C17H19NO5S. The summed E-state index contributed by atoms with van der Waals surface area (Å²) in [6.45, 7) is 2.96. The van der Waals surface area contributed by atoms with Gasteiger partial charge in [0.25, 0.3) is 0 Å². The highest BCUT2D eigenvalue weighted by molar-refractivity contribution is 7.92. The number of hydrogen-bond donors (Lipinski definition) is 1. The third kappa shape index (κ3) is 3.60. The van der Waals surface area contributed by atoms with Crippen LogP contribution in [0.25, 0.3) is 0 Å². The Bertz CT molecular complexity index is 830. The number of carboxylic acid groups (broad SMARTS) is 1. The molecule has 128 valence electrons. The molecule has 1 N–H and O–H groups in total. The Hall–Kier alpha value is -2.33. The minimum absolute atomic E-state index is 0.159. The van der Waals surface area contributed by atoms with Crippen molar-refractivity contribution in [1.29, 1.82) is 0 Å². The maximum Gasteiger partial charge on any atom is 0.324 e. The minimum Gasteiger partial charge on any atom is -0.480 e. The molecular weight excluding hydrogens is 330 g/mol. The van der Waals surface area contributed by atoms with E-state index in [2.05, 4.69) is 17.0 Å². The third-order valence-electron chi connectivity index (χ3n) is 4.11. The standard InChI is InChI=1S/C17H19NO5S/c1-4-5-12-6-8-13(9-7-12)15-10-14(23-18-15)11-17(2,16(19)20)24(3,21)22/h6-9,14H,10-11H2,1-3H3,(H,19,20)/t14-,17-/m1/s1. The van der Waals surface area contributed by atoms with Gasteiger partial charge in [-0.3, -0.25) is 4.79 Å². The monoisotopic (exact) mass is 349 g/mol. The summed E-state index contributed by atoms with van der Waals surface area (Å²) >= 11 is 0. The van der Waals surface area contributed by atoms with Crippen molar-refractivity contribution in [2.75, 3.05) is 6.26 Å². The van der Waals surface area contributed by atoms with Crippen LogP contribution in [0.4, 0.5) is 0 Å². The van der Waals surface area contributed by atoms with Crippen LogP contribution in [0.3, 0.4) is 0 Å². The van der Waals surface area contributed by atoms with Crippen molar-refractivity contribution in [2.24, 2.45) is 5.16 Å². The summed E-state index contributed by atoms with van der Waals surface area (Å²) in [6.07, 6.45) is 0.529. The fourth-order valence-electron chi connectivity index (χ4n) is 2.43. The van der Waals surface area contributed by atoms with Gasteiger partial charge in [0.15, 0.2) is 14.6 Å². The zero-order chi connectivity index (χ0) is 18.0. The highest BCUT2D eigenvalue weighted by Gasteiger charge is 2.47. The maximum absolute atomic E-state index is 11.8. The van der Waals surface area contributed by atoms with Gasteiger partial charge in [-0.15, -0.1) is 5.92 Å². The van der Waals surface area contributed by atoms with E-state index in [1.807, 2.05) is 24.3 Å². The smallest absolute Gasteiger partial charge is 0.324 e. The molecule has 0 unspecified atom stereocenters. The lowest BCUT2D eigenvalue weighted by Gasteiger charge is -2.24. The number of oxime groups is 1. The van der Waals surface area contributed by atoms with Crippen molar-refractivity contribution in [1.82, 2.24) is 0 Å². The fraction of sp³-hybridized carbons (Fsp3) is 0.412. The zero-order valence-electron chi connectivity index (χ0n) is 13.7. The zero-order valence-corrected chi connectivity index (χ0v) is 14.6. The van der Waals surface area contributed by atoms with Crippen LogP contribution in [-0.4, -0.2) is 42.3 Å². The van der Waals surface area contributed by atoms with E-state index in [-0.39, 0.29) is 6.42 Å². The molecule has 0 amide bonds. The Morgan fingerprint density at radius 1 is 1.42 bits per heavy atom. The van der Waals surface area contributed by atoms with Gasteiger partial charge in [0.2, 0.25) is 0 Å². The second-order valence-corrected chi connectivity index (χ2v) is 8.38. The van der Waals surface area contributed by atoms with Crippen LogP contribution in [0.1, 0.15) is 37.8 Å². The van der Waals surface area contributed by atoms with Gasteiger partial charge >= 0.3 is 5.97 Å². The number of rotatable bonds is 5. The first-order chi connectivity index (χ1) is 11.2. The summed E-state index contributed by atoms with van der Waals surface area (Å²) in [4.78, 5) is 16.7. The number of aliphatic carboxylic acids is 1. The number of sulfone groups is 1. The molecule has 24 heavy (non-hydrogen) atoms. The van der Waals surface area contributed by atoms with Gasteiger partial charge in [-0.1, -0.05) is 23.2 Å². The van der Waals surface area contributed by atoms with Crippen LogP contribution in [0.15, 0.2) is 29.4 Å². The van der Waals surface area contributed by atoms with E-state index >= 15 is 0 Å². The Morgan fingerprint density at radius 2 is 2.04 bits per heavy atom. The Kier molecular flexibility index (Phi) is 4.99. The summed E-state index contributed by atoms with van der Waals surface area (Å²) in [5.41, 5.74) is 2.39. The molecule has 0 fully saturated rings. The molecule has 0 bridgehead atoms. The van der Waals surface area contributed by atoms with Gasteiger partial charge in [0, 0.05) is 24.7 Å². The number of carbonyl (C=O) groups is 1. The topological polar surface area (TPSA) is 93.0 Å². The van der Waals surface area contributed by atoms with Crippen LogP contribution in [-0.2, 0) is 19.5 Å². The van der Waals surface area contributed by atoms with Crippen LogP contribution in [0.5, 0.6) is 0 Å². The first-order valence-electron chi connectivity index (χ1n) is 7.36. The van der Waals surface area contributed by atoms with E-state index < -0.39 is 26.7 Å². The van der Waals surface area contributed by atoms with Gasteiger partial charge < -0.3 is 9.94 Å². The lowest BCUT2D eigenvalue weighted by molar-refractivity contribution is -0.140. The van der Waals surface area contributed by atoms with Crippen molar-refractivity contribution in [3.8, 4) is 11.8 Å². The van der Waals surface area contributed by atoms with Crippen molar-refractivity contribution in [3.63, 3.8) is 0 Å². The molecule has 0 spiro atoms. The fourth-order valence-corrected chi connectivity index (χ4v) is 3.24. The largest absolute Gasteiger partial charge is 0.480 e. The predicted octanol–water partition coefficient (Wildman–Crippen LogP) is 1.83. The molecule has 0 saturated carbocycles. The quantitative estimate of drug-likeness (QED) is 0.819. The highest BCUT2D eigenvalue weighted by Crippen LogP contribution is 2.29. The van der Waals surface area contributed by atoms with E-state index in [1.165, 1.54) is 6.92 Å². The minimum atomic E-state index is -3.79. The summed E-state index contributed by atoms with van der Waals surface area (Å²) in [5, 5.41) is 13.3. The Labute approximate surface area is 141 Å². The van der Waals surface area contributed by atoms with Crippen LogP contribution in [0.2, 0.25) is 0 Å². The average molecular weight is 349 g/mol. The van der Waals surface area contributed by atoms with Crippen molar-refractivity contribution in [2.45, 2.75) is 37.5 Å². The van der Waals surface area contributed by atoms with Crippen LogP contribution >= 0.6 is 0 Å². The van der Waals surface area contributed by atoms with Crippen molar-refractivity contribution >= 4 is 21.5 Å². The van der Waals surface area contributed by atoms with Gasteiger partial charge in [-0.2, -0.15) is 0 Å². The molecule has 0 aliphatic carbocycles. The third-order valence-corrected chi connectivity index (χ3v) is 6.09. The van der Waals surface area contributed by atoms with Gasteiger partial charge in [0.05, 0.1) is 5.71 Å². The summed E-state index contributed by atoms with van der Waals surface area (Å²) in [7, 11) is -3.79. The van der Waals surface area contributed by atoms with E-state index in [9.17, 15) is 18.3 Å². The molecule has 0 aromatic heterocycles. The number of nitrogens with zero attached hydrogens (tertiary/aromatic N) is 1. The summed E-state index contributed by atoms with van der Waals surface area (Å²) in [6, 6.07) is 7.44. The number of benzene rings is 1. The molecule has 0 radical (unpaired) electrons. The lowest BCUT2D eigenvalue weighted by atomic mass is 9.97. The van der Waals surface area contributed by atoms with Crippen LogP contribution < -0.4 is 0 Å². The predicted molar refractivity (Wildman–Crippen MR) is 90.5 cm³/mol. The maximum atomic E-state index is 11.8. The van der Waals surface area contributed by atoms with Gasteiger partial charge in [-0.05, 0) is 31.5 Å². The van der Waals surface area contributed by atoms with Gasteiger partial charge in [-0.25, -0.2) is 8.42 Å². The number of carboxylic acids is 1. The molecule has 1 aliphatic rings. The molecule has 0 saturated heterocycles. The Balaban J connectivity index is 2.11. The first-order valence-corrected chi connectivity index (χ1v) is 9.25. The van der Waals surface area contributed by atoms with E-state index in [0.29, 0.717) is 12.1 Å². The van der Waals surface area contributed by atoms with Crippen LogP contribution in [0, 0.1) is 11.8 Å². The lowest BCUT2D eigenvalue weighted by Crippen LogP contribution is -2.45. The van der Waals surface area contributed by atoms with E-state index in [1.54, 1.807) is 6.92 Å².